The predicted octanol–water partition coefficient (Wildman–Crippen LogP) is 3.19. The maximum atomic E-state index is 12.6. The van der Waals surface area contributed by atoms with Crippen molar-refractivity contribution in [2.75, 3.05) is 6.54 Å². The van der Waals surface area contributed by atoms with Crippen LogP contribution in [0.2, 0.25) is 0 Å². The molecule has 1 rings (SSSR count). The van der Waals surface area contributed by atoms with E-state index in [9.17, 15) is 4.39 Å². The van der Waals surface area contributed by atoms with Crippen molar-refractivity contribution in [3.8, 4) is 0 Å². The Morgan fingerprint density at radius 2 is 2.07 bits per heavy atom. The summed E-state index contributed by atoms with van der Waals surface area (Å²) < 4.78 is 14.5. The molecule has 0 amide bonds. The van der Waals surface area contributed by atoms with Gasteiger partial charge in [0.1, 0.15) is 5.82 Å². The molecule has 4 heteroatoms. The summed E-state index contributed by atoms with van der Waals surface area (Å²) >= 11 is 2.16. The Morgan fingerprint density at radius 3 is 2.67 bits per heavy atom. The van der Waals surface area contributed by atoms with Gasteiger partial charge in [0.25, 0.3) is 0 Å². The van der Waals surface area contributed by atoms with Crippen LogP contribution in [0.5, 0.6) is 0 Å². The van der Waals surface area contributed by atoms with Crippen molar-refractivity contribution in [2.24, 2.45) is 4.99 Å². The fraction of sp³-hybridized carbons (Fsp3) is 0.182. The average Bonchev–Trinajstić information content (AvgIpc) is 2.25. The largest absolute Gasteiger partial charge is 0.305 e. The van der Waals surface area contributed by atoms with Crippen molar-refractivity contribution < 1.29 is 4.39 Å². The van der Waals surface area contributed by atoms with E-state index in [0.717, 1.165) is 18.5 Å². The van der Waals surface area contributed by atoms with Crippen LogP contribution in [0.3, 0.4) is 0 Å². The second-order valence-corrected chi connectivity index (χ2v) is 4.19. The predicted molar refractivity (Wildman–Crippen MR) is 69.5 cm³/mol. The first-order chi connectivity index (χ1) is 7.22. The topological polar surface area (TPSA) is 15.6 Å². The van der Waals surface area contributed by atoms with Crippen LogP contribution in [0, 0.1) is 5.82 Å². The molecule has 0 saturated carbocycles. The Hall–Kier alpha value is -0.910. The quantitative estimate of drug-likeness (QED) is 0.352. The minimum Gasteiger partial charge on any atom is -0.305 e. The summed E-state index contributed by atoms with van der Waals surface area (Å²) in [7, 11) is 0. The highest BCUT2D eigenvalue weighted by Crippen LogP contribution is 2.05. The van der Waals surface area contributed by atoms with Crippen LogP contribution in [-0.4, -0.2) is 16.0 Å². The highest BCUT2D eigenvalue weighted by atomic mass is 127. The number of benzene rings is 1. The van der Waals surface area contributed by atoms with Gasteiger partial charge in [0.15, 0.2) is 0 Å². The maximum Gasteiger partial charge on any atom is 0.123 e. The smallest absolute Gasteiger partial charge is 0.123 e. The molecule has 15 heavy (non-hydrogen) atoms. The van der Waals surface area contributed by atoms with Crippen LogP contribution in [0.25, 0.3) is 0 Å². The lowest BCUT2D eigenvalue weighted by Gasteiger charge is -2.09. The standard InChI is InChI=1S/C11H12FIN2/c1-2-14-9-15(13)8-7-10-3-5-11(12)6-4-10/h2-6,9H,1,7-8H2. The summed E-state index contributed by atoms with van der Waals surface area (Å²) in [5.74, 6) is -0.196. The normalized spacial score (nSPS) is 10.5. The molecule has 0 fully saturated rings. The summed E-state index contributed by atoms with van der Waals surface area (Å²) in [6.45, 7) is 4.33. The second-order valence-electron chi connectivity index (χ2n) is 2.95. The van der Waals surface area contributed by atoms with E-state index in [1.54, 1.807) is 18.5 Å². The molecule has 2 nitrogen and oxygen atoms in total. The van der Waals surface area contributed by atoms with Gasteiger partial charge in [-0.15, -0.1) is 0 Å². The van der Waals surface area contributed by atoms with Gasteiger partial charge in [-0.3, -0.25) is 0 Å². The average molecular weight is 318 g/mol. The van der Waals surface area contributed by atoms with Crippen LogP contribution >= 0.6 is 22.9 Å². The number of aliphatic imine (C=N–C) groups is 1. The van der Waals surface area contributed by atoms with Crippen molar-refractivity contribution >= 4 is 29.2 Å². The SMILES string of the molecule is C=CN=CN(I)CCc1ccc(F)cc1. The third-order valence-corrected chi connectivity index (χ3v) is 2.56. The number of hydrogen-bond acceptors (Lipinski definition) is 1. The molecule has 0 aromatic heterocycles. The van der Waals surface area contributed by atoms with Crippen molar-refractivity contribution in [2.45, 2.75) is 6.42 Å². The summed E-state index contributed by atoms with van der Waals surface area (Å²) in [5, 5.41) is 0. The lowest BCUT2D eigenvalue weighted by Crippen LogP contribution is -2.12. The van der Waals surface area contributed by atoms with Gasteiger partial charge in [0.2, 0.25) is 0 Å². The minimum atomic E-state index is -0.196. The third kappa shape index (κ3) is 4.92. The van der Waals surface area contributed by atoms with E-state index in [2.05, 4.69) is 34.4 Å². The fourth-order valence-electron chi connectivity index (χ4n) is 1.06. The Labute approximate surface area is 103 Å². The van der Waals surface area contributed by atoms with Gasteiger partial charge in [0, 0.05) is 12.7 Å². The summed E-state index contributed by atoms with van der Waals surface area (Å²) in [4.78, 5) is 3.90. The molecule has 0 atom stereocenters. The molecular formula is C11H12FIN2. The summed E-state index contributed by atoms with van der Waals surface area (Å²) in [6, 6.07) is 6.55. The molecule has 1 aromatic carbocycles. The number of rotatable bonds is 5. The Bertz CT molecular complexity index is 335. The zero-order chi connectivity index (χ0) is 11.1. The van der Waals surface area contributed by atoms with Gasteiger partial charge in [-0.1, -0.05) is 18.7 Å². The summed E-state index contributed by atoms with van der Waals surface area (Å²) in [6.07, 6.45) is 4.06. The van der Waals surface area contributed by atoms with Gasteiger partial charge < -0.3 is 3.11 Å². The van der Waals surface area contributed by atoms with Crippen molar-refractivity contribution in [1.29, 1.82) is 0 Å². The van der Waals surface area contributed by atoms with Gasteiger partial charge in [0.05, 0.1) is 29.2 Å². The van der Waals surface area contributed by atoms with Gasteiger partial charge in [-0.25, -0.2) is 9.38 Å². The first-order valence-corrected chi connectivity index (χ1v) is 5.50. The van der Waals surface area contributed by atoms with Gasteiger partial charge in [-0.2, -0.15) is 0 Å². The van der Waals surface area contributed by atoms with Gasteiger partial charge in [-0.05, 0) is 24.1 Å². The molecule has 80 valence electrons. The third-order valence-electron chi connectivity index (χ3n) is 1.82. The van der Waals surface area contributed by atoms with Crippen LogP contribution in [-0.2, 0) is 6.42 Å². The van der Waals surface area contributed by atoms with E-state index in [1.165, 1.54) is 18.3 Å². The number of nitrogens with zero attached hydrogens (tertiary/aromatic N) is 2. The Balaban J connectivity index is 2.39. The van der Waals surface area contributed by atoms with E-state index < -0.39 is 0 Å². The Kier molecular flexibility index (Phi) is 5.31. The molecule has 0 unspecified atom stereocenters. The van der Waals surface area contributed by atoms with Crippen LogP contribution in [0.15, 0.2) is 42.0 Å². The van der Waals surface area contributed by atoms with Crippen molar-refractivity contribution in [3.63, 3.8) is 0 Å². The fourth-order valence-corrected chi connectivity index (χ4v) is 1.45. The molecule has 0 bridgehead atoms. The van der Waals surface area contributed by atoms with Crippen molar-refractivity contribution in [1.82, 2.24) is 3.11 Å². The van der Waals surface area contributed by atoms with E-state index in [1.807, 2.05) is 3.11 Å². The van der Waals surface area contributed by atoms with Crippen LogP contribution in [0.4, 0.5) is 4.39 Å². The molecule has 1 aromatic rings. The molecule has 0 radical (unpaired) electrons. The highest BCUT2D eigenvalue weighted by Gasteiger charge is 1.97. The molecule has 0 spiro atoms. The molecule has 0 N–H and O–H groups in total. The lowest BCUT2D eigenvalue weighted by atomic mass is 10.1. The van der Waals surface area contributed by atoms with Crippen LogP contribution in [0.1, 0.15) is 5.56 Å². The first kappa shape index (κ1) is 12.2. The zero-order valence-electron chi connectivity index (χ0n) is 8.24. The Morgan fingerprint density at radius 1 is 1.40 bits per heavy atom. The molecule has 0 heterocycles. The highest BCUT2D eigenvalue weighted by molar-refractivity contribution is 14.1. The van der Waals surface area contributed by atoms with E-state index >= 15 is 0 Å². The molecule has 0 aliphatic rings. The monoisotopic (exact) mass is 318 g/mol. The maximum absolute atomic E-state index is 12.6. The van der Waals surface area contributed by atoms with Crippen LogP contribution < -0.4 is 0 Å². The van der Waals surface area contributed by atoms with Gasteiger partial charge >= 0.3 is 0 Å². The number of halogens is 2. The van der Waals surface area contributed by atoms with E-state index in [0.29, 0.717) is 0 Å². The molecule has 0 aliphatic heterocycles. The summed E-state index contributed by atoms with van der Waals surface area (Å²) in [5.41, 5.74) is 1.12. The molecular weight excluding hydrogens is 306 g/mol. The molecule has 0 aliphatic carbocycles. The lowest BCUT2D eigenvalue weighted by molar-refractivity contribution is 0.626. The van der Waals surface area contributed by atoms with E-state index in [-0.39, 0.29) is 5.82 Å². The first-order valence-electron chi connectivity index (χ1n) is 4.53. The van der Waals surface area contributed by atoms with E-state index in [4.69, 9.17) is 0 Å². The number of hydrogen-bond donors (Lipinski definition) is 0. The molecule has 0 saturated heterocycles. The van der Waals surface area contributed by atoms with Crippen molar-refractivity contribution in [3.05, 3.63) is 48.4 Å². The minimum absolute atomic E-state index is 0.196. The zero-order valence-corrected chi connectivity index (χ0v) is 10.4. The second kappa shape index (κ2) is 6.55.